The number of furan rings is 1. The minimum Gasteiger partial charge on any atom is -0.460 e. The van der Waals surface area contributed by atoms with Crippen molar-refractivity contribution in [2.45, 2.75) is 12.7 Å². The van der Waals surface area contributed by atoms with E-state index in [4.69, 9.17) is 4.42 Å². The number of allylic oxidation sites excluding steroid dienone is 2. The molecular formula is C28H24F3N3O2. The van der Waals surface area contributed by atoms with Crippen LogP contribution in [0.5, 0.6) is 0 Å². The summed E-state index contributed by atoms with van der Waals surface area (Å²) in [7, 11) is 3.81. The highest BCUT2D eigenvalue weighted by molar-refractivity contribution is 6.06. The zero-order valence-corrected chi connectivity index (χ0v) is 19.7. The summed E-state index contributed by atoms with van der Waals surface area (Å²) in [5, 5.41) is 4.61. The first-order valence-corrected chi connectivity index (χ1v) is 11.1. The van der Waals surface area contributed by atoms with Crippen molar-refractivity contribution in [1.29, 1.82) is 0 Å². The summed E-state index contributed by atoms with van der Waals surface area (Å²) in [5.41, 5.74) is 0.990. The van der Waals surface area contributed by atoms with Gasteiger partial charge in [0.05, 0.1) is 12.1 Å². The maximum Gasteiger partial charge on any atom is 0.416 e. The maximum atomic E-state index is 13.0. The molecule has 2 aromatic carbocycles. The third-order valence-electron chi connectivity index (χ3n) is 5.37. The molecular weight excluding hydrogens is 467 g/mol. The lowest BCUT2D eigenvalue weighted by Crippen LogP contribution is -2.09. The van der Waals surface area contributed by atoms with Crippen molar-refractivity contribution in [1.82, 2.24) is 9.88 Å². The zero-order chi connectivity index (χ0) is 25.7. The number of benzene rings is 2. The Hall–Kier alpha value is -4.17. The second kappa shape index (κ2) is 10.6. The van der Waals surface area contributed by atoms with Gasteiger partial charge in [0.1, 0.15) is 11.5 Å². The van der Waals surface area contributed by atoms with Gasteiger partial charge in [0, 0.05) is 40.5 Å². The fraction of sp³-hybridized carbons (Fsp3) is 0.143. The van der Waals surface area contributed by atoms with E-state index in [-0.39, 0.29) is 5.91 Å². The lowest BCUT2D eigenvalue weighted by atomic mass is 10.0. The molecule has 36 heavy (non-hydrogen) atoms. The van der Waals surface area contributed by atoms with Gasteiger partial charge in [-0.1, -0.05) is 36.4 Å². The van der Waals surface area contributed by atoms with Gasteiger partial charge < -0.3 is 14.6 Å². The predicted octanol–water partition coefficient (Wildman–Crippen LogP) is 6.53. The molecule has 0 aliphatic rings. The number of hydrogen-bond donors (Lipinski definition) is 1. The molecule has 4 aromatic rings. The first kappa shape index (κ1) is 24.9. The van der Waals surface area contributed by atoms with Gasteiger partial charge in [-0.25, -0.2) is 0 Å². The topological polar surface area (TPSA) is 58.4 Å². The standard InChI is InChI=1S/C28H24F3N3O2/c1-34(2)18-22-13-14-26(36-22)24(19-9-11-21(12-10-19)28(29,30)31)6-4-8-27(35)33-25-7-3-5-20-17-32-16-15-23(20)25/h3-17H,18H2,1-2H3,(H,33,35)/b8-4+,24-6+. The SMILES string of the molecule is CN(C)Cc1ccc(/C(=C/C=C/C(=O)Nc2cccc3cnccc23)c2ccc(C(F)(F)F)cc2)o1. The van der Waals surface area contributed by atoms with Crippen LogP contribution in [0.4, 0.5) is 18.9 Å². The molecule has 2 aromatic heterocycles. The number of fused-ring (bicyclic) bond motifs is 1. The number of halogens is 3. The Labute approximate surface area is 206 Å². The van der Waals surface area contributed by atoms with E-state index in [9.17, 15) is 18.0 Å². The fourth-order valence-corrected chi connectivity index (χ4v) is 3.72. The molecule has 0 fully saturated rings. The highest BCUT2D eigenvalue weighted by Gasteiger charge is 2.30. The monoisotopic (exact) mass is 491 g/mol. The summed E-state index contributed by atoms with van der Waals surface area (Å²) in [5.74, 6) is 0.841. The summed E-state index contributed by atoms with van der Waals surface area (Å²) in [6.45, 7) is 0.569. The van der Waals surface area contributed by atoms with E-state index in [0.29, 0.717) is 34.9 Å². The number of pyridine rings is 1. The van der Waals surface area contributed by atoms with E-state index in [2.05, 4.69) is 10.3 Å². The molecule has 0 saturated carbocycles. The molecule has 0 atom stereocenters. The molecule has 1 N–H and O–H groups in total. The molecule has 0 spiro atoms. The fourth-order valence-electron chi connectivity index (χ4n) is 3.72. The molecule has 0 aliphatic carbocycles. The van der Waals surface area contributed by atoms with Gasteiger partial charge in [-0.2, -0.15) is 13.2 Å². The van der Waals surface area contributed by atoms with Crippen molar-refractivity contribution >= 4 is 27.9 Å². The Bertz CT molecular complexity index is 1410. The second-order valence-electron chi connectivity index (χ2n) is 8.41. The Morgan fingerprint density at radius 1 is 1.06 bits per heavy atom. The number of carbonyl (C=O) groups is 1. The first-order chi connectivity index (χ1) is 17.2. The van der Waals surface area contributed by atoms with Crippen LogP contribution in [0.15, 0.2) is 95.7 Å². The Morgan fingerprint density at radius 3 is 2.56 bits per heavy atom. The average Bonchev–Trinajstić information content (AvgIpc) is 3.29. The van der Waals surface area contributed by atoms with E-state index in [1.165, 1.54) is 18.2 Å². The van der Waals surface area contributed by atoms with Crippen LogP contribution in [0.3, 0.4) is 0 Å². The molecule has 0 aliphatic heterocycles. The first-order valence-electron chi connectivity index (χ1n) is 11.1. The van der Waals surface area contributed by atoms with Crippen LogP contribution in [0, 0.1) is 0 Å². The number of nitrogens with zero attached hydrogens (tertiary/aromatic N) is 2. The molecule has 1 amide bonds. The highest BCUT2D eigenvalue weighted by Crippen LogP contribution is 2.32. The van der Waals surface area contributed by atoms with Crippen molar-refractivity contribution < 1.29 is 22.4 Å². The summed E-state index contributed by atoms with van der Waals surface area (Å²) in [4.78, 5) is 18.6. The van der Waals surface area contributed by atoms with E-state index in [1.54, 1.807) is 36.7 Å². The molecule has 4 rings (SSSR count). The number of hydrogen-bond acceptors (Lipinski definition) is 4. The van der Waals surface area contributed by atoms with Gasteiger partial charge in [0.2, 0.25) is 5.91 Å². The number of anilines is 1. The minimum atomic E-state index is -4.43. The third-order valence-corrected chi connectivity index (χ3v) is 5.37. The summed E-state index contributed by atoms with van der Waals surface area (Å²) in [6.07, 6.45) is 3.49. The number of nitrogens with one attached hydrogen (secondary N) is 1. The zero-order valence-electron chi connectivity index (χ0n) is 19.7. The quantitative estimate of drug-likeness (QED) is 0.236. The van der Waals surface area contributed by atoms with Crippen molar-refractivity contribution in [3.8, 4) is 0 Å². The number of alkyl halides is 3. The summed E-state index contributed by atoms with van der Waals surface area (Å²) >= 11 is 0. The van der Waals surface area contributed by atoms with E-state index in [0.717, 1.165) is 22.9 Å². The van der Waals surface area contributed by atoms with Crippen molar-refractivity contribution in [2.24, 2.45) is 0 Å². The molecule has 0 radical (unpaired) electrons. The van der Waals surface area contributed by atoms with Gasteiger partial charge >= 0.3 is 6.18 Å². The normalized spacial score (nSPS) is 12.6. The van der Waals surface area contributed by atoms with E-state index >= 15 is 0 Å². The Balaban J connectivity index is 1.61. The lowest BCUT2D eigenvalue weighted by Gasteiger charge is -2.10. The number of amides is 1. The van der Waals surface area contributed by atoms with Crippen LogP contribution in [0.1, 0.15) is 22.6 Å². The van der Waals surface area contributed by atoms with Gasteiger partial charge in [0.25, 0.3) is 0 Å². The maximum absolute atomic E-state index is 13.0. The van der Waals surface area contributed by atoms with Crippen LogP contribution in [0.2, 0.25) is 0 Å². The largest absolute Gasteiger partial charge is 0.460 e. The second-order valence-corrected chi connectivity index (χ2v) is 8.41. The highest BCUT2D eigenvalue weighted by atomic mass is 19.4. The lowest BCUT2D eigenvalue weighted by molar-refractivity contribution is -0.137. The van der Waals surface area contributed by atoms with Crippen LogP contribution in [-0.4, -0.2) is 29.9 Å². The van der Waals surface area contributed by atoms with Gasteiger partial charge in [-0.15, -0.1) is 0 Å². The number of carbonyl (C=O) groups excluding carboxylic acids is 1. The molecule has 0 bridgehead atoms. The van der Waals surface area contributed by atoms with Crippen molar-refractivity contribution in [3.05, 3.63) is 114 Å². The average molecular weight is 492 g/mol. The smallest absolute Gasteiger partial charge is 0.416 e. The van der Waals surface area contributed by atoms with Gasteiger partial charge in [-0.3, -0.25) is 9.78 Å². The molecule has 8 heteroatoms. The van der Waals surface area contributed by atoms with Crippen molar-refractivity contribution in [3.63, 3.8) is 0 Å². The minimum absolute atomic E-state index is 0.352. The molecule has 2 heterocycles. The summed E-state index contributed by atoms with van der Waals surface area (Å²) in [6, 6.07) is 15.8. The molecule has 5 nitrogen and oxygen atoms in total. The molecule has 0 unspecified atom stereocenters. The van der Waals surface area contributed by atoms with Gasteiger partial charge in [0.15, 0.2) is 0 Å². The molecule has 0 saturated heterocycles. The van der Waals surface area contributed by atoms with Crippen LogP contribution in [-0.2, 0) is 17.5 Å². The third kappa shape index (κ3) is 6.09. The van der Waals surface area contributed by atoms with Crippen molar-refractivity contribution in [2.75, 3.05) is 19.4 Å². The Kier molecular flexibility index (Phi) is 7.36. The number of rotatable bonds is 7. The van der Waals surface area contributed by atoms with Gasteiger partial charge in [-0.05, 0) is 56.1 Å². The Morgan fingerprint density at radius 2 is 1.83 bits per heavy atom. The summed E-state index contributed by atoms with van der Waals surface area (Å²) < 4.78 is 45.1. The van der Waals surface area contributed by atoms with Crippen LogP contribution >= 0.6 is 0 Å². The van der Waals surface area contributed by atoms with E-state index < -0.39 is 11.7 Å². The van der Waals surface area contributed by atoms with E-state index in [1.807, 2.05) is 43.3 Å². The molecule has 184 valence electrons. The van der Waals surface area contributed by atoms with Crippen LogP contribution in [0.25, 0.3) is 16.3 Å². The number of aromatic nitrogens is 1. The predicted molar refractivity (Wildman–Crippen MR) is 134 cm³/mol. The van der Waals surface area contributed by atoms with Crippen LogP contribution < -0.4 is 5.32 Å².